The number of aromatic nitrogens is 1. The Morgan fingerprint density at radius 1 is 0.727 bits per heavy atom. The summed E-state index contributed by atoms with van der Waals surface area (Å²) in [6, 6.07) is 11.8. The maximum Gasteiger partial charge on any atom is 0.248 e. The van der Waals surface area contributed by atoms with Gasteiger partial charge in [-0.3, -0.25) is 38.4 Å². The van der Waals surface area contributed by atoms with Crippen molar-refractivity contribution in [3.63, 3.8) is 0 Å². The lowest BCUT2D eigenvalue weighted by molar-refractivity contribution is -0.143. The second-order valence-electron chi connectivity index (χ2n) is 16.1. The number of aromatic hydroxyl groups is 1. The fraction of sp³-hybridized carbons (Fsp3) is 0.378. The van der Waals surface area contributed by atoms with Crippen LogP contribution < -0.4 is 43.8 Å². The summed E-state index contributed by atoms with van der Waals surface area (Å²) >= 11 is 0. The van der Waals surface area contributed by atoms with Gasteiger partial charge in [0.15, 0.2) is 0 Å². The van der Waals surface area contributed by atoms with Crippen molar-refractivity contribution < 1.29 is 53.7 Å². The number of aliphatic hydroxyl groups is 2. The number of primary amides is 2. The second-order valence-corrected chi connectivity index (χ2v) is 16.1. The van der Waals surface area contributed by atoms with Crippen molar-refractivity contribution in [2.24, 2.45) is 17.2 Å². The van der Waals surface area contributed by atoms with Crippen LogP contribution in [0.5, 0.6) is 5.75 Å². The van der Waals surface area contributed by atoms with Gasteiger partial charge in [0.25, 0.3) is 0 Å². The normalized spacial score (nSPS) is 16.7. The summed E-state index contributed by atoms with van der Waals surface area (Å²) in [5, 5.41) is 43.6. The van der Waals surface area contributed by atoms with Crippen molar-refractivity contribution in [2.75, 3.05) is 13.2 Å². The Balaban J connectivity index is 1.32. The van der Waals surface area contributed by atoms with Gasteiger partial charge < -0.3 is 69.0 Å². The summed E-state index contributed by atoms with van der Waals surface area (Å²) in [5.41, 5.74) is 19.6. The number of hydrogen-bond donors (Lipinski definition) is 12. The summed E-state index contributed by atoms with van der Waals surface area (Å²) in [5.74, 6) is -7.26. The zero-order valence-corrected chi connectivity index (χ0v) is 36.1. The highest BCUT2D eigenvalue weighted by molar-refractivity contribution is 5.99. The van der Waals surface area contributed by atoms with E-state index < -0.39 is 109 Å². The van der Waals surface area contributed by atoms with Gasteiger partial charge in [-0.25, -0.2) is 0 Å². The number of nitrogens with zero attached hydrogens (tertiary/aromatic N) is 1. The molecule has 2 heterocycles. The molecule has 8 amide bonds. The molecule has 15 N–H and O–H groups in total. The van der Waals surface area contributed by atoms with Crippen LogP contribution in [0.1, 0.15) is 42.9 Å². The molecule has 0 bridgehead atoms. The summed E-state index contributed by atoms with van der Waals surface area (Å²) in [6.45, 7) is 0.429. The molecule has 0 aliphatic carbocycles. The standard InChI is InChI=1S/C45H56N10O11/c1-24(57)38(44(65)52-34(21-37(47)59)41(62)50-32(39(48)60)19-25-8-3-2-4-9-25)54-42(63)33(20-27-22-49-31-11-6-5-10-29(27)31)51-43(64)36-12-7-17-55(36)45(66)35(23-56)53-40(61)30(46)18-26-13-15-28(58)16-14-26/h2-6,8-11,13-16,22,24,30,32-36,38,49,56-58H,7,12,17-21,23,46H2,1H3,(H2,47,59)(H2,48,60)(H,50,62)(H,51,64)(H,52,65)(H,53,61)(H,54,63)/t24-,30-,32-,33-,34-,35-,36-,38-/m1/s1. The van der Waals surface area contributed by atoms with Crippen LogP contribution in [0.2, 0.25) is 0 Å². The Morgan fingerprint density at radius 3 is 2.00 bits per heavy atom. The monoisotopic (exact) mass is 912 g/mol. The van der Waals surface area contributed by atoms with Crippen LogP contribution in [-0.2, 0) is 57.6 Å². The summed E-state index contributed by atoms with van der Waals surface area (Å²) in [6.07, 6.45) is -0.340. The zero-order valence-electron chi connectivity index (χ0n) is 36.1. The number of aliphatic hydroxyl groups excluding tert-OH is 2. The second kappa shape index (κ2) is 23.0. The average Bonchev–Trinajstić information content (AvgIpc) is 3.95. The first kappa shape index (κ1) is 49.7. The van der Waals surface area contributed by atoms with E-state index in [9.17, 15) is 53.7 Å². The van der Waals surface area contributed by atoms with E-state index in [0.717, 1.165) is 0 Å². The molecular weight excluding hydrogens is 857 g/mol. The lowest BCUT2D eigenvalue weighted by Gasteiger charge is -2.30. The quantitative estimate of drug-likeness (QED) is 0.0386. The summed E-state index contributed by atoms with van der Waals surface area (Å²) in [7, 11) is 0. The Morgan fingerprint density at radius 2 is 1.35 bits per heavy atom. The molecule has 352 valence electrons. The molecule has 1 aliphatic heterocycles. The molecule has 0 saturated carbocycles. The minimum Gasteiger partial charge on any atom is -0.508 e. The van der Waals surface area contributed by atoms with Gasteiger partial charge in [-0.2, -0.15) is 0 Å². The number of para-hydroxylation sites is 1. The number of rotatable bonds is 22. The van der Waals surface area contributed by atoms with E-state index in [1.165, 1.54) is 24.0 Å². The zero-order chi connectivity index (χ0) is 48.1. The fourth-order valence-electron chi connectivity index (χ4n) is 7.62. The van der Waals surface area contributed by atoms with Crippen LogP contribution in [0.4, 0.5) is 0 Å². The molecule has 5 rings (SSSR count). The van der Waals surface area contributed by atoms with Crippen molar-refractivity contribution in [3.05, 3.63) is 102 Å². The Labute approximate surface area is 379 Å². The van der Waals surface area contributed by atoms with Gasteiger partial charge in [-0.1, -0.05) is 60.7 Å². The van der Waals surface area contributed by atoms with E-state index in [1.54, 1.807) is 72.9 Å². The number of phenolic OH excluding ortho intramolecular Hbond substituents is 1. The van der Waals surface area contributed by atoms with Gasteiger partial charge in [0.1, 0.15) is 42.0 Å². The first-order valence-electron chi connectivity index (χ1n) is 21.3. The number of hydrogen-bond acceptors (Lipinski definition) is 12. The molecule has 66 heavy (non-hydrogen) atoms. The maximum atomic E-state index is 14.3. The smallest absolute Gasteiger partial charge is 0.248 e. The van der Waals surface area contributed by atoms with Crippen LogP contribution >= 0.6 is 0 Å². The van der Waals surface area contributed by atoms with E-state index in [0.29, 0.717) is 34.0 Å². The predicted molar refractivity (Wildman–Crippen MR) is 238 cm³/mol. The lowest BCUT2D eigenvalue weighted by atomic mass is 10.0. The third kappa shape index (κ3) is 13.3. The maximum absolute atomic E-state index is 14.3. The fourth-order valence-corrected chi connectivity index (χ4v) is 7.62. The van der Waals surface area contributed by atoms with Gasteiger partial charge in [0.05, 0.1) is 25.2 Å². The predicted octanol–water partition coefficient (Wildman–Crippen LogP) is -2.62. The first-order valence-corrected chi connectivity index (χ1v) is 21.3. The summed E-state index contributed by atoms with van der Waals surface area (Å²) < 4.78 is 0. The summed E-state index contributed by atoms with van der Waals surface area (Å²) in [4.78, 5) is 111. The molecule has 1 aromatic heterocycles. The third-order valence-corrected chi connectivity index (χ3v) is 11.1. The van der Waals surface area contributed by atoms with Crippen molar-refractivity contribution in [1.82, 2.24) is 36.5 Å². The molecule has 21 nitrogen and oxygen atoms in total. The van der Waals surface area contributed by atoms with Crippen LogP contribution in [0, 0.1) is 0 Å². The molecule has 0 spiro atoms. The van der Waals surface area contributed by atoms with Gasteiger partial charge in [0, 0.05) is 36.5 Å². The van der Waals surface area contributed by atoms with Gasteiger partial charge in [0.2, 0.25) is 47.3 Å². The number of carbonyl (C=O) groups excluding carboxylic acids is 8. The number of amides is 8. The molecule has 21 heteroatoms. The molecule has 1 aliphatic rings. The van der Waals surface area contributed by atoms with Crippen molar-refractivity contribution in [2.45, 2.75) is 93.8 Å². The van der Waals surface area contributed by atoms with E-state index in [2.05, 4.69) is 31.6 Å². The highest BCUT2D eigenvalue weighted by Crippen LogP contribution is 2.22. The van der Waals surface area contributed by atoms with Gasteiger partial charge >= 0.3 is 0 Å². The number of H-pyrrole nitrogens is 1. The van der Waals surface area contributed by atoms with Crippen molar-refractivity contribution in [3.8, 4) is 5.75 Å². The third-order valence-electron chi connectivity index (χ3n) is 11.1. The number of nitrogens with two attached hydrogens (primary N) is 3. The highest BCUT2D eigenvalue weighted by Gasteiger charge is 2.40. The Hall–Kier alpha value is -7.36. The van der Waals surface area contributed by atoms with E-state index >= 15 is 0 Å². The average molecular weight is 913 g/mol. The van der Waals surface area contributed by atoms with E-state index in [-0.39, 0.29) is 38.0 Å². The van der Waals surface area contributed by atoms with Crippen LogP contribution in [0.3, 0.4) is 0 Å². The molecule has 3 aromatic carbocycles. The number of likely N-dealkylation sites (tertiary alicyclic amines) is 1. The number of benzene rings is 3. The lowest BCUT2D eigenvalue weighted by Crippen LogP contribution is -2.62. The number of fused-ring (bicyclic) bond motifs is 1. The molecule has 4 aromatic rings. The molecule has 8 atom stereocenters. The number of nitrogens with one attached hydrogen (secondary N) is 6. The first-order chi connectivity index (χ1) is 31.4. The molecule has 1 saturated heterocycles. The van der Waals surface area contributed by atoms with Gasteiger partial charge in [-0.05, 0) is 61.1 Å². The number of aromatic amines is 1. The number of carbonyl (C=O) groups is 8. The number of phenols is 1. The van der Waals surface area contributed by atoms with Gasteiger partial charge in [-0.15, -0.1) is 0 Å². The molecule has 1 fully saturated rings. The van der Waals surface area contributed by atoms with E-state index in [1.807, 2.05) is 0 Å². The largest absolute Gasteiger partial charge is 0.508 e. The van der Waals surface area contributed by atoms with Crippen LogP contribution in [-0.4, -0.2) is 134 Å². The minimum absolute atomic E-state index is 0.0157. The Bertz CT molecular complexity index is 2380. The molecule has 0 radical (unpaired) electrons. The van der Waals surface area contributed by atoms with Crippen molar-refractivity contribution in [1.29, 1.82) is 0 Å². The highest BCUT2D eigenvalue weighted by atomic mass is 16.3. The topological polar surface area (TPSA) is 354 Å². The SMILES string of the molecule is C[C@@H](O)[C@@H](NC(=O)[C@@H](Cc1c[nH]c2ccccc12)NC(=O)[C@H]1CCCN1C(=O)[C@@H](CO)NC(=O)[C@H](N)Cc1ccc(O)cc1)C(=O)N[C@H](CC(N)=O)C(=O)N[C@H](Cc1ccccc1)C(N)=O. The molecule has 0 unspecified atom stereocenters. The van der Waals surface area contributed by atoms with Crippen LogP contribution in [0.25, 0.3) is 10.9 Å². The van der Waals surface area contributed by atoms with Crippen molar-refractivity contribution >= 4 is 58.2 Å². The minimum atomic E-state index is -1.78. The van der Waals surface area contributed by atoms with Crippen LogP contribution in [0.15, 0.2) is 85.1 Å². The molecular formula is C45H56N10O11. The van der Waals surface area contributed by atoms with E-state index in [4.69, 9.17) is 17.2 Å². The Kier molecular flexibility index (Phi) is 17.3.